The summed E-state index contributed by atoms with van der Waals surface area (Å²) < 4.78 is 5.95. The molecule has 0 radical (unpaired) electrons. The van der Waals surface area contributed by atoms with E-state index in [0.29, 0.717) is 29.4 Å². The third-order valence-electron chi connectivity index (χ3n) is 4.00. The minimum atomic E-state index is 0.0509. The van der Waals surface area contributed by atoms with E-state index in [0.717, 1.165) is 18.6 Å². The van der Waals surface area contributed by atoms with E-state index in [1.54, 1.807) is 24.3 Å². The second-order valence-corrected chi connectivity index (χ2v) is 6.12. The van der Waals surface area contributed by atoms with Crippen LogP contribution in [0.4, 0.5) is 5.69 Å². The van der Waals surface area contributed by atoms with Gasteiger partial charge >= 0.3 is 0 Å². The molecule has 0 unspecified atom stereocenters. The van der Waals surface area contributed by atoms with Crippen molar-refractivity contribution in [2.45, 2.75) is 18.9 Å². The van der Waals surface area contributed by atoms with Crippen LogP contribution in [0.15, 0.2) is 48.5 Å². The molecule has 1 heterocycles. The van der Waals surface area contributed by atoms with Gasteiger partial charge in [0.05, 0.1) is 0 Å². The summed E-state index contributed by atoms with van der Waals surface area (Å²) in [6.07, 6.45) is 1.78. The number of carbonyl (C=O) groups is 1. The van der Waals surface area contributed by atoms with Gasteiger partial charge in [0.1, 0.15) is 11.9 Å². The van der Waals surface area contributed by atoms with Gasteiger partial charge in [0.2, 0.25) is 0 Å². The number of hydrogen-bond acceptors (Lipinski definition) is 3. The molecular weight excluding hydrogens is 312 g/mol. The lowest BCUT2D eigenvalue weighted by molar-refractivity contribution is 0.0595. The Bertz CT molecular complexity index is 662. The molecule has 2 aromatic carbocycles. The largest absolute Gasteiger partial charge is 0.490 e. The fourth-order valence-electron chi connectivity index (χ4n) is 2.69. The molecule has 0 spiro atoms. The number of likely N-dealkylation sites (tertiary alicyclic amines) is 1. The lowest BCUT2D eigenvalue weighted by atomic mass is 10.1. The highest BCUT2D eigenvalue weighted by atomic mass is 35.5. The predicted molar refractivity (Wildman–Crippen MR) is 91.9 cm³/mol. The molecule has 0 saturated carbocycles. The zero-order valence-electron chi connectivity index (χ0n) is 12.7. The lowest BCUT2D eigenvalue weighted by Crippen LogP contribution is -2.41. The van der Waals surface area contributed by atoms with Gasteiger partial charge in [-0.1, -0.05) is 11.6 Å². The average Bonchev–Trinajstić information content (AvgIpc) is 2.58. The van der Waals surface area contributed by atoms with E-state index in [4.69, 9.17) is 22.1 Å². The van der Waals surface area contributed by atoms with Crippen molar-refractivity contribution in [3.63, 3.8) is 0 Å². The fourth-order valence-corrected chi connectivity index (χ4v) is 2.82. The van der Waals surface area contributed by atoms with Crippen molar-refractivity contribution in [1.29, 1.82) is 0 Å². The summed E-state index contributed by atoms with van der Waals surface area (Å²) in [6, 6.07) is 14.4. The molecule has 2 N–H and O–H groups in total. The van der Waals surface area contributed by atoms with Gasteiger partial charge in [-0.3, -0.25) is 4.79 Å². The zero-order chi connectivity index (χ0) is 16.2. The summed E-state index contributed by atoms with van der Waals surface area (Å²) in [5, 5.41) is 0.696. The molecule has 1 saturated heterocycles. The number of nitrogens with zero attached hydrogens (tertiary/aromatic N) is 1. The summed E-state index contributed by atoms with van der Waals surface area (Å²) in [6.45, 7) is 1.39. The Kier molecular flexibility index (Phi) is 4.72. The first-order chi connectivity index (χ1) is 11.1. The van der Waals surface area contributed by atoms with Crippen LogP contribution in [0.3, 0.4) is 0 Å². The minimum absolute atomic E-state index is 0.0509. The molecule has 4 nitrogen and oxygen atoms in total. The third kappa shape index (κ3) is 3.96. The number of carbonyl (C=O) groups excluding carboxylic acids is 1. The van der Waals surface area contributed by atoms with Crippen LogP contribution in [-0.4, -0.2) is 30.0 Å². The summed E-state index contributed by atoms with van der Waals surface area (Å²) in [4.78, 5) is 14.3. The van der Waals surface area contributed by atoms with Gasteiger partial charge in [-0.05, 0) is 48.5 Å². The van der Waals surface area contributed by atoms with Gasteiger partial charge < -0.3 is 15.4 Å². The Morgan fingerprint density at radius 1 is 1.04 bits per heavy atom. The van der Waals surface area contributed by atoms with E-state index >= 15 is 0 Å². The van der Waals surface area contributed by atoms with Crippen molar-refractivity contribution in [3.05, 3.63) is 59.1 Å². The minimum Gasteiger partial charge on any atom is -0.490 e. The highest BCUT2D eigenvalue weighted by Crippen LogP contribution is 2.22. The van der Waals surface area contributed by atoms with E-state index in [-0.39, 0.29) is 12.0 Å². The van der Waals surface area contributed by atoms with Crippen molar-refractivity contribution in [2.75, 3.05) is 18.8 Å². The van der Waals surface area contributed by atoms with Crippen LogP contribution < -0.4 is 10.5 Å². The number of amides is 1. The smallest absolute Gasteiger partial charge is 0.253 e. The second-order valence-electron chi connectivity index (χ2n) is 5.69. The highest BCUT2D eigenvalue weighted by molar-refractivity contribution is 6.30. The van der Waals surface area contributed by atoms with Crippen LogP contribution in [0.25, 0.3) is 0 Å². The number of hydrogen-bond donors (Lipinski definition) is 1. The maximum Gasteiger partial charge on any atom is 0.253 e. The van der Waals surface area contributed by atoms with Gasteiger partial charge in [0.15, 0.2) is 0 Å². The highest BCUT2D eigenvalue weighted by Gasteiger charge is 2.24. The Morgan fingerprint density at radius 2 is 1.65 bits per heavy atom. The van der Waals surface area contributed by atoms with Crippen molar-refractivity contribution in [1.82, 2.24) is 4.90 Å². The van der Waals surface area contributed by atoms with Crippen LogP contribution in [0, 0.1) is 0 Å². The van der Waals surface area contributed by atoms with E-state index in [1.165, 1.54) is 0 Å². The standard InChI is InChI=1S/C18H19ClN2O2/c19-14-3-7-16(8-4-14)23-17-9-11-21(12-10-17)18(22)13-1-5-15(20)6-2-13/h1-8,17H,9-12,20H2. The van der Waals surface area contributed by atoms with Crippen LogP contribution >= 0.6 is 11.6 Å². The topological polar surface area (TPSA) is 55.6 Å². The van der Waals surface area contributed by atoms with Crippen LogP contribution in [0.5, 0.6) is 5.75 Å². The van der Waals surface area contributed by atoms with E-state index in [2.05, 4.69) is 0 Å². The number of anilines is 1. The monoisotopic (exact) mass is 330 g/mol. The van der Waals surface area contributed by atoms with Gasteiger partial charge in [0.25, 0.3) is 5.91 Å². The third-order valence-corrected chi connectivity index (χ3v) is 4.26. The van der Waals surface area contributed by atoms with Crippen LogP contribution in [0.2, 0.25) is 5.02 Å². The first-order valence-electron chi connectivity index (χ1n) is 7.69. The zero-order valence-corrected chi connectivity index (χ0v) is 13.5. The van der Waals surface area contributed by atoms with Crippen molar-refractivity contribution in [3.8, 4) is 5.75 Å². The molecule has 120 valence electrons. The van der Waals surface area contributed by atoms with Crippen molar-refractivity contribution in [2.24, 2.45) is 0 Å². The number of nitrogen functional groups attached to an aromatic ring is 1. The Hall–Kier alpha value is -2.20. The van der Waals surface area contributed by atoms with Gasteiger partial charge in [-0.2, -0.15) is 0 Å². The van der Waals surface area contributed by atoms with E-state index in [1.807, 2.05) is 29.2 Å². The molecule has 1 amide bonds. The number of ether oxygens (including phenoxy) is 1. The van der Waals surface area contributed by atoms with Gasteiger partial charge in [0, 0.05) is 42.2 Å². The van der Waals surface area contributed by atoms with E-state index < -0.39 is 0 Å². The average molecular weight is 331 g/mol. The lowest BCUT2D eigenvalue weighted by Gasteiger charge is -2.32. The maximum absolute atomic E-state index is 12.4. The summed E-state index contributed by atoms with van der Waals surface area (Å²) in [7, 11) is 0. The molecule has 5 heteroatoms. The molecule has 0 aromatic heterocycles. The molecule has 1 aliphatic heterocycles. The quantitative estimate of drug-likeness (QED) is 0.875. The number of nitrogens with two attached hydrogens (primary N) is 1. The Morgan fingerprint density at radius 3 is 2.26 bits per heavy atom. The molecule has 23 heavy (non-hydrogen) atoms. The predicted octanol–water partition coefficient (Wildman–Crippen LogP) is 3.61. The summed E-state index contributed by atoms with van der Waals surface area (Å²) in [5.41, 5.74) is 7.00. The summed E-state index contributed by atoms with van der Waals surface area (Å²) >= 11 is 5.87. The molecule has 2 aromatic rings. The molecule has 0 aliphatic carbocycles. The number of rotatable bonds is 3. The first kappa shape index (κ1) is 15.7. The van der Waals surface area contributed by atoms with Gasteiger partial charge in [-0.15, -0.1) is 0 Å². The SMILES string of the molecule is Nc1ccc(C(=O)N2CCC(Oc3ccc(Cl)cc3)CC2)cc1. The summed E-state index contributed by atoms with van der Waals surface area (Å²) in [5.74, 6) is 0.868. The first-order valence-corrected chi connectivity index (χ1v) is 8.06. The normalized spacial score (nSPS) is 15.4. The van der Waals surface area contributed by atoms with Gasteiger partial charge in [-0.25, -0.2) is 0 Å². The Labute approximate surface area is 140 Å². The Balaban J connectivity index is 1.54. The van der Waals surface area contributed by atoms with Crippen LogP contribution in [0.1, 0.15) is 23.2 Å². The molecule has 1 fully saturated rings. The number of halogens is 1. The molecule has 3 rings (SSSR count). The molecule has 1 aliphatic rings. The van der Waals surface area contributed by atoms with E-state index in [9.17, 15) is 4.79 Å². The number of piperidine rings is 1. The van der Waals surface area contributed by atoms with Crippen molar-refractivity contribution < 1.29 is 9.53 Å². The molecule has 0 atom stereocenters. The number of benzene rings is 2. The molecular formula is C18H19ClN2O2. The fraction of sp³-hybridized carbons (Fsp3) is 0.278. The maximum atomic E-state index is 12.4. The van der Waals surface area contributed by atoms with Crippen LogP contribution in [-0.2, 0) is 0 Å². The second kappa shape index (κ2) is 6.92. The molecule has 0 bridgehead atoms. The van der Waals surface area contributed by atoms with Crippen molar-refractivity contribution >= 4 is 23.2 Å².